The molecule has 0 heterocycles. The van der Waals surface area contributed by atoms with Crippen molar-refractivity contribution in [2.75, 3.05) is 33.7 Å². The molecule has 0 aliphatic heterocycles. The highest BCUT2D eigenvalue weighted by molar-refractivity contribution is 7.80. The third-order valence-corrected chi connectivity index (χ3v) is 3.45. The molecule has 0 fully saturated rings. The van der Waals surface area contributed by atoms with Gasteiger partial charge in [0.1, 0.15) is 10.8 Å². The molecule has 0 saturated heterocycles. The summed E-state index contributed by atoms with van der Waals surface area (Å²) < 4.78 is 14.2. The second-order valence-electron chi connectivity index (χ2n) is 6.10. The molecule has 118 valence electrons. The summed E-state index contributed by atoms with van der Waals surface area (Å²) in [5.74, 6) is 0.310. The molecule has 0 aromatic heterocycles. The molecule has 0 unspecified atom stereocenters. The molecule has 21 heavy (non-hydrogen) atoms. The highest BCUT2D eigenvalue weighted by Gasteiger charge is 2.12. The maximum atomic E-state index is 14.2. The van der Waals surface area contributed by atoms with Crippen molar-refractivity contribution in [3.63, 3.8) is 0 Å². The third kappa shape index (κ3) is 6.50. The van der Waals surface area contributed by atoms with E-state index in [2.05, 4.69) is 23.6 Å². The molecule has 0 aliphatic rings. The van der Waals surface area contributed by atoms with E-state index in [-0.39, 0.29) is 10.8 Å². The fourth-order valence-electron chi connectivity index (χ4n) is 2.16. The first-order valence-corrected chi connectivity index (χ1v) is 7.65. The summed E-state index contributed by atoms with van der Waals surface area (Å²) in [7, 11) is 4.09. The molecule has 0 atom stereocenters. The summed E-state index contributed by atoms with van der Waals surface area (Å²) in [4.78, 5) is 4.65. The summed E-state index contributed by atoms with van der Waals surface area (Å²) in [6, 6.07) is 5.00. The van der Waals surface area contributed by atoms with Crippen molar-refractivity contribution in [3.8, 4) is 0 Å². The van der Waals surface area contributed by atoms with Crippen molar-refractivity contribution < 1.29 is 4.39 Å². The third-order valence-electron chi connectivity index (χ3n) is 3.22. The van der Waals surface area contributed by atoms with Gasteiger partial charge < -0.3 is 10.6 Å². The van der Waals surface area contributed by atoms with Gasteiger partial charge in [0.05, 0.1) is 0 Å². The zero-order valence-electron chi connectivity index (χ0n) is 13.4. The highest BCUT2D eigenvalue weighted by Crippen LogP contribution is 2.14. The van der Waals surface area contributed by atoms with Gasteiger partial charge in [0.2, 0.25) is 0 Å². The summed E-state index contributed by atoms with van der Waals surface area (Å²) >= 11 is 4.88. The minimum absolute atomic E-state index is 0.229. The zero-order valence-corrected chi connectivity index (χ0v) is 14.2. The smallest absolute Gasteiger partial charge is 0.128 e. The summed E-state index contributed by atoms with van der Waals surface area (Å²) in [6.07, 6.45) is 0. The van der Waals surface area contributed by atoms with Crippen LogP contribution in [0.15, 0.2) is 18.2 Å². The number of hydrogen-bond donors (Lipinski definition) is 1. The zero-order chi connectivity index (χ0) is 16.0. The molecule has 0 bridgehead atoms. The number of nitrogens with zero attached hydrogens (tertiary/aromatic N) is 2. The van der Waals surface area contributed by atoms with Crippen molar-refractivity contribution in [3.05, 3.63) is 35.1 Å². The number of likely N-dealkylation sites (N-methyl/N-ethyl adjacent to an activating group) is 1. The Hall–Kier alpha value is -1.04. The Morgan fingerprint density at radius 1 is 1.29 bits per heavy atom. The molecular formula is C16H26FN3S. The van der Waals surface area contributed by atoms with Gasteiger partial charge in [0, 0.05) is 37.3 Å². The lowest BCUT2D eigenvalue weighted by atomic mass is 10.1. The lowest BCUT2D eigenvalue weighted by Gasteiger charge is -2.26. The van der Waals surface area contributed by atoms with Crippen LogP contribution in [0.4, 0.5) is 4.39 Å². The van der Waals surface area contributed by atoms with E-state index in [1.54, 1.807) is 12.1 Å². The second-order valence-corrected chi connectivity index (χ2v) is 6.54. The second kappa shape index (κ2) is 8.41. The molecule has 1 rings (SSSR count). The maximum absolute atomic E-state index is 14.2. The van der Waals surface area contributed by atoms with Gasteiger partial charge in [-0.25, -0.2) is 4.39 Å². The van der Waals surface area contributed by atoms with E-state index < -0.39 is 0 Å². The van der Waals surface area contributed by atoms with Crippen LogP contribution in [-0.4, -0.2) is 48.5 Å². The summed E-state index contributed by atoms with van der Waals surface area (Å²) in [5.41, 5.74) is 6.80. The maximum Gasteiger partial charge on any atom is 0.128 e. The fraction of sp³-hybridized carbons (Fsp3) is 0.562. The highest BCUT2D eigenvalue weighted by atomic mass is 32.1. The average Bonchev–Trinajstić information content (AvgIpc) is 2.37. The van der Waals surface area contributed by atoms with Gasteiger partial charge in [-0.2, -0.15) is 0 Å². The van der Waals surface area contributed by atoms with Crippen molar-refractivity contribution in [1.82, 2.24) is 9.80 Å². The minimum atomic E-state index is -0.237. The van der Waals surface area contributed by atoms with E-state index in [4.69, 9.17) is 18.0 Å². The Morgan fingerprint density at radius 3 is 2.43 bits per heavy atom. The van der Waals surface area contributed by atoms with Crippen molar-refractivity contribution in [2.45, 2.75) is 20.4 Å². The largest absolute Gasteiger partial charge is 0.389 e. The molecule has 5 heteroatoms. The molecule has 0 saturated carbocycles. The van der Waals surface area contributed by atoms with E-state index in [9.17, 15) is 4.39 Å². The van der Waals surface area contributed by atoms with Crippen LogP contribution in [0.5, 0.6) is 0 Å². The van der Waals surface area contributed by atoms with Gasteiger partial charge in [-0.05, 0) is 26.1 Å². The Kier molecular flexibility index (Phi) is 7.22. The van der Waals surface area contributed by atoms with Crippen LogP contribution in [0.25, 0.3) is 0 Å². The van der Waals surface area contributed by atoms with Crippen LogP contribution < -0.4 is 5.73 Å². The van der Waals surface area contributed by atoms with E-state index in [1.807, 2.05) is 14.1 Å². The predicted molar refractivity (Wildman–Crippen MR) is 91.0 cm³/mol. The van der Waals surface area contributed by atoms with Gasteiger partial charge >= 0.3 is 0 Å². The molecule has 3 nitrogen and oxygen atoms in total. The standard InChI is InChI=1S/C16H26FN3S/c1-12(2)10-20(8-7-19(3)4)11-14-6-5-13(16(18)21)9-15(14)17/h5-6,9,12H,7-8,10-11H2,1-4H3,(H2,18,21). The number of hydrogen-bond acceptors (Lipinski definition) is 3. The van der Waals surface area contributed by atoms with Crippen LogP contribution in [0.1, 0.15) is 25.0 Å². The van der Waals surface area contributed by atoms with Gasteiger partial charge in [0.25, 0.3) is 0 Å². The van der Waals surface area contributed by atoms with Crippen molar-refractivity contribution in [2.24, 2.45) is 11.7 Å². The van der Waals surface area contributed by atoms with E-state index >= 15 is 0 Å². The fourth-order valence-corrected chi connectivity index (χ4v) is 2.29. The number of thiocarbonyl (C=S) groups is 1. The molecule has 0 amide bonds. The van der Waals surface area contributed by atoms with Crippen LogP contribution in [0.3, 0.4) is 0 Å². The number of benzene rings is 1. The average molecular weight is 311 g/mol. The predicted octanol–water partition coefficient (Wildman–Crippen LogP) is 2.48. The summed E-state index contributed by atoms with van der Waals surface area (Å²) in [5, 5.41) is 0. The first kappa shape index (κ1) is 18.0. The first-order valence-electron chi connectivity index (χ1n) is 7.25. The quantitative estimate of drug-likeness (QED) is 0.748. The van der Waals surface area contributed by atoms with Gasteiger partial charge in [-0.15, -0.1) is 0 Å². The lowest BCUT2D eigenvalue weighted by molar-refractivity contribution is 0.209. The van der Waals surface area contributed by atoms with Crippen LogP contribution >= 0.6 is 12.2 Å². The van der Waals surface area contributed by atoms with Crippen LogP contribution in [-0.2, 0) is 6.54 Å². The van der Waals surface area contributed by atoms with E-state index in [1.165, 1.54) is 6.07 Å². The van der Waals surface area contributed by atoms with Crippen LogP contribution in [0, 0.1) is 11.7 Å². The minimum Gasteiger partial charge on any atom is -0.389 e. The monoisotopic (exact) mass is 311 g/mol. The Labute approximate surface area is 132 Å². The van der Waals surface area contributed by atoms with Crippen molar-refractivity contribution in [1.29, 1.82) is 0 Å². The molecule has 1 aromatic carbocycles. The number of halogens is 1. The molecule has 0 aliphatic carbocycles. The SMILES string of the molecule is CC(C)CN(CCN(C)C)Cc1ccc(C(N)=S)cc1F. The van der Waals surface area contributed by atoms with Gasteiger partial charge in [0.15, 0.2) is 0 Å². The number of nitrogens with two attached hydrogens (primary N) is 1. The van der Waals surface area contributed by atoms with Crippen LogP contribution in [0.2, 0.25) is 0 Å². The first-order chi connectivity index (χ1) is 9.79. The van der Waals surface area contributed by atoms with Gasteiger partial charge in [-0.1, -0.05) is 38.2 Å². The lowest BCUT2D eigenvalue weighted by Crippen LogP contribution is -2.34. The van der Waals surface area contributed by atoms with Gasteiger partial charge in [-0.3, -0.25) is 4.90 Å². The Bertz CT molecular complexity index is 475. The Morgan fingerprint density at radius 2 is 1.95 bits per heavy atom. The topological polar surface area (TPSA) is 32.5 Å². The summed E-state index contributed by atoms with van der Waals surface area (Å²) in [6.45, 7) is 7.78. The molecular weight excluding hydrogens is 285 g/mol. The molecule has 0 radical (unpaired) electrons. The van der Waals surface area contributed by atoms with E-state index in [0.717, 1.165) is 19.6 Å². The Balaban J connectivity index is 2.79. The number of rotatable bonds is 8. The van der Waals surface area contributed by atoms with E-state index in [0.29, 0.717) is 23.6 Å². The molecule has 2 N–H and O–H groups in total. The normalized spacial score (nSPS) is 11.6. The van der Waals surface area contributed by atoms with Crippen molar-refractivity contribution >= 4 is 17.2 Å². The molecule has 1 aromatic rings. The molecule has 0 spiro atoms.